The zero-order valence-corrected chi connectivity index (χ0v) is 15.9. The van der Waals surface area contributed by atoms with Crippen LogP contribution in [0.15, 0.2) is 34.8 Å². The van der Waals surface area contributed by atoms with E-state index >= 15 is 0 Å². The van der Waals surface area contributed by atoms with Crippen molar-refractivity contribution in [3.05, 3.63) is 51.5 Å². The standard InChI is InChI=1S/C20H16BrNO5/c21-14-5-12(7-19-20(14)25-4-3-24-19)16(23)9-15-13-8-18-17(26-10-27-18)6-11(13)1-2-22-15/h5-9,22H,1-4,10H2. The van der Waals surface area contributed by atoms with Crippen molar-refractivity contribution in [1.82, 2.24) is 5.32 Å². The summed E-state index contributed by atoms with van der Waals surface area (Å²) < 4.78 is 22.9. The summed E-state index contributed by atoms with van der Waals surface area (Å²) in [6, 6.07) is 7.42. The summed E-state index contributed by atoms with van der Waals surface area (Å²) in [5.41, 5.74) is 3.43. The second-order valence-corrected chi connectivity index (χ2v) is 7.30. The van der Waals surface area contributed by atoms with Gasteiger partial charge in [-0.1, -0.05) is 0 Å². The van der Waals surface area contributed by atoms with E-state index < -0.39 is 0 Å². The summed E-state index contributed by atoms with van der Waals surface area (Å²) in [6.45, 7) is 1.96. The molecule has 0 spiro atoms. The number of halogens is 1. The van der Waals surface area contributed by atoms with Crippen LogP contribution in [0.2, 0.25) is 0 Å². The lowest BCUT2D eigenvalue weighted by Gasteiger charge is -2.22. The Kier molecular flexibility index (Phi) is 3.97. The summed E-state index contributed by atoms with van der Waals surface area (Å²) in [4.78, 5) is 12.9. The Labute approximate surface area is 164 Å². The van der Waals surface area contributed by atoms with Crippen molar-refractivity contribution in [2.45, 2.75) is 6.42 Å². The molecular formula is C20H16BrNO5. The zero-order chi connectivity index (χ0) is 18.4. The molecule has 6 nitrogen and oxygen atoms in total. The predicted octanol–water partition coefficient (Wildman–Crippen LogP) is 3.32. The van der Waals surface area contributed by atoms with E-state index in [0.29, 0.717) is 40.5 Å². The lowest BCUT2D eigenvalue weighted by molar-refractivity contribution is 0.104. The van der Waals surface area contributed by atoms with Gasteiger partial charge in [0.15, 0.2) is 28.8 Å². The van der Waals surface area contributed by atoms with Gasteiger partial charge in [0.2, 0.25) is 6.79 Å². The van der Waals surface area contributed by atoms with Crippen molar-refractivity contribution >= 4 is 27.4 Å². The third kappa shape index (κ3) is 2.92. The monoisotopic (exact) mass is 429 g/mol. The van der Waals surface area contributed by atoms with Crippen LogP contribution in [0, 0.1) is 0 Å². The fourth-order valence-corrected chi connectivity index (χ4v) is 4.02. The largest absolute Gasteiger partial charge is 0.486 e. The highest BCUT2D eigenvalue weighted by atomic mass is 79.9. The third-order valence-corrected chi connectivity index (χ3v) is 5.34. The maximum absolute atomic E-state index is 12.9. The second kappa shape index (κ2) is 6.49. The highest BCUT2D eigenvalue weighted by Crippen LogP contribution is 2.40. The highest BCUT2D eigenvalue weighted by Gasteiger charge is 2.23. The van der Waals surface area contributed by atoms with Crippen molar-refractivity contribution in [1.29, 1.82) is 0 Å². The summed E-state index contributed by atoms with van der Waals surface area (Å²) in [5, 5.41) is 3.32. The van der Waals surface area contributed by atoms with E-state index in [-0.39, 0.29) is 12.6 Å². The molecule has 5 rings (SSSR count). The first-order chi connectivity index (χ1) is 13.2. The molecule has 7 heteroatoms. The van der Waals surface area contributed by atoms with E-state index in [2.05, 4.69) is 21.2 Å². The fraction of sp³-hybridized carbons (Fsp3) is 0.250. The zero-order valence-electron chi connectivity index (χ0n) is 14.3. The Balaban J connectivity index is 1.51. The quantitative estimate of drug-likeness (QED) is 0.583. The van der Waals surface area contributed by atoms with Gasteiger partial charge in [0, 0.05) is 29.4 Å². The number of allylic oxidation sites excluding steroid dienone is 1. The van der Waals surface area contributed by atoms with Gasteiger partial charge in [-0.3, -0.25) is 4.79 Å². The first kappa shape index (κ1) is 16.5. The molecule has 0 radical (unpaired) electrons. The minimum Gasteiger partial charge on any atom is -0.486 e. The number of nitrogens with one attached hydrogen (secondary N) is 1. The van der Waals surface area contributed by atoms with Crippen molar-refractivity contribution < 1.29 is 23.7 Å². The number of benzene rings is 2. The van der Waals surface area contributed by atoms with Gasteiger partial charge in [0.1, 0.15) is 13.2 Å². The number of rotatable bonds is 2. The fourth-order valence-electron chi connectivity index (χ4n) is 3.47. The normalized spacial score (nSPS) is 18.0. The van der Waals surface area contributed by atoms with E-state index in [1.165, 1.54) is 0 Å². The average molecular weight is 430 g/mol. The topological polar surface area (TPSA) is 66.0 Å². The Morgan fingerprint density at radius 1 is 1.00 bits per heavy atom. The Morgan fingerprint density at radius 3 is 2.70 bits per heavy atom. The van der Waals surface area contributed by atoms with Crippen LogP contribution in [-0.2, 0) is 6.42 Å². The SMILES string of the molecule is O=C(C=C1NCCc2cc3c(cc21)OCO3)c1cc(Br)c2c(c1)OCCO2. The number of ketones is 1. The van der Waals surface area contributed by atoms with Crippen LogP contribution in [0.5, 0.6) is 23.0 Å². The summed E-state index contributed by atoms with van der Waals surface area (Å²) in [5.74, 6) is 2.58. The van der Waals surface area contributed by atoms with Crippen molar-refractivity contribution in [2.75, 3.05) is 26.6 Å². The molecule has 0 aromatic heterocycles. The molecule has 3 aliphatic heterocycles. The van der Waals surface area contributed by atoms with Crippen LogP contribution in [0.1, 0.15) is 21.5 Å². The number of hydrogen-bond donors (Lipinski definition) is 1. The van der Waals surface area contributed by atoms with Crippen molar-refractivity contribution in [3.63, 3.8) is 0 Å². The molecule has 3 heterocycles. The van der Waals surface area contributed by atoms with Gasteiger partial charge in [-0.2, -0.15) is 0 Å². The molecule has 0 atom stereocenters. The van der Waals surface area contributed by atoms with E-state index in [9.17, 15) is 4.79 Å². The van der Waals surface area contributed by atoms with E-state index in [0.717, 1.165) is 35.5 Å². The van der Waals surface area contributed by atoms with E-state index in [1.54, 1.807) is 18.2 Å². The Hall–Kier alpha value is -2.67. The minimum absolute atomic E-state index is 0.110. The number of hydrogen-bond acceptors (Lipinski definition) is 6. The highest BCUT2D eigenvalue weighted by molar-refractivity contribution is 9.10. The molecule has 2 aromatic rings. The molecule has 138 valence electrons. The average Bonchev–Trinajstić information content (AvgIpc) is 3.14. The molecule has 0 saturated carbocycles. The predicted molar refractivity (Wildman–Crippen MR) is 102 cm³/mol. The molecular weight excluding hydrogens is 414 g/mol. The van der Waals surface area contributed by atoms with Gasteiger partial charge in [0.25, 0.3) is 0 Å². The number of ether oxygens (including phenoxy) is 4. The van der Waals surface area contributed by atoms with Gasteiger partial charge in [0.05, 0.1) is 4.47 Å². The summed E-state index contributed by atoms with van der Waals surface area (Å²) in [6.07, 6.45) is 2.49. The second-order valence-electron chi connectivity index (χ2n) is 6.44. The molecule has 1 N–H and O–H groups in total. The minimum atomic E-state index is -0.110. The van der Waals surface area contributed by atoms with Crippen LogP contribution >= 0.6 is 15.9 Å². The third-order valence-electron chi connectivity index (χ3n) is 4.76. The molecule has 0 aliphatic carbocycles. The molecule has 27 heavy (non-hydrogen) atoms. The molecule has 0 saturated heterocycles. The van der Waals surface area contributed by atoms with Crippen LogP contribution in [0.25, 0.3) is 5.70 Å². The lowest BCUT2D eigenvalue weighted by Crippen LogP contribution is -2.23. The molecule has 3 aliphatic rings. The maximum Gasteiger partial charge on any atom is 0.231 e. The molecule has 0 unspecified atom stereocenters. The Bertz CT molecular complexity index is 985. The summed E-state index contributed by atoms with van der Waals surface area (Å²) >= 11 is 3.46. The van der Waals surface area contributed by atoms with Crippen LogP contribution in [0.3, 0.4) is 0 Å². The summed E-state index contributed by atoms with van der Waals surface area (Å²) in [7, 11) is 0. The van der Waals surface area contributed by atoms with Crippen LogP contribution < -0.4 is 24.3 Å². The van der Waals surface area contributed by atoms with Crippen LogP contribution in [-0.4, -0.2) is 32.3 Å². The number of carbonyl (C=O) groups is 1. The molecule has 2 aromatic carbocycles. The van der Waals surface area contributed by atoms with E-state index in [4.69, 9.17) is 18.9 Å². The molecule has 0 fully saturated rings. The van der Waals surface area contributed by atoms with Gasteiger partial charge >= 0.3 is 0 Å². The van der Waals surface area contributed by atoms with Gasteiger partial charge in [-0.15, -0.1) is 0 Å². The van der Waals surface area contributed by atoms with E-state index in [1.807, 2.05) is 12.1 Å². The maximum atomic E-state index is 12.9. The smallest absolute Gasteiger partial charge is 0.231 e. The first-order valence-electron chi connectivity index (χ1n) is 8.71. The van der Waals surface area contributed by atoms with Crippen molar-refractivity contribution in [3.8, 4) is 23.0 Å². The van der Waals surface area contributed by atoms with Gasteiger partial charge < -0.3 is 24.3 Å². The van der Waals surface area contributed by atoms with Gasteiger partial charge in [-0.25, -0.2) is 0 Å². The number of fused-ring (bicyclic) bond motifs is 3. The molecule has 0 amide bonds. The Morgan fingerprint density at radius 2 is 1.81 bits per heavy atom. The number of carbonyl (C=O) groups excluding carboxylic acids is 1. The molecule has 0 bridgehead atoms. The lowest BCUT2D eigenvalue weighted by atomic mass is 9.95. The van der Waals surface area contributed by atoms with Crippen molar-refractivity contribution in [2.24, 2.45) is 0 Å². The van der Waals surface area contributed by atoms with Crippen LogP contribution in [0.4, 0.5) is 0 Å². The van der Waals surface area contributed by atoms with Gasteiger partial charge in [-0.05, 0) is 52.2 Å². The first-order valence-corrected chi connectivity index (χ1v) is 9.50.